The van der Waals surface area contributed by atoms with Gasteiger partial charge in [0.15, 0.2) is 0 Å². The average molecular weight is 440 g/mol. The number of nitrogens with two attached hydrogens (primary N) is 1. The van der Waals surface area contributed by atoms with Gasteiger partial charge >= 0.3 is 0 Å². The van der Waals surface area contributed by atoms with E-state index in [1.54, 1.807) is 6.07 Å². The van der Waals surface area contributed by atoms with Crippen molar-refractivity contribution in [3.05, 3.63) is 125 Å². The molecular weight excluding hydrogens is 410 g/mol. The summed E-state index contributed by atoms with van der Waals surface area (Å²) in [7, 11) is 0. The van der Waals surface area contributed by atoms with Crippen LogP contribution >= 0.6 is 12.6 Å². The number of benzene rings is 4. The van der Waals surface area contributed by atoms with Gasteiger partial charge in [-0.15, -0.1) is 12.6 Å². The summed E-state index contributed by atoms with van der Waals surface area (Å²) in [5.74, 6) is 0.0496. The van der Waals surface area contributed by atoms with Crippen molar-refractivity contribution in [2.75, 3.05) is 5.73 Å². The van der Waals surface area contributed by atoms with E-state index in [-0.39, 0.29) is 5.75 Å². The second-order valence-corrected chi connectivity index (χ2v) is 8.30. The minimum Gasteiger partial charge on any atom is -0.506 e. The molecule has 0 atom stereocenters. The molecule has 0 radical (unpaired) electrons. The van der Waals surface area contributed by atoms with Gasteiger partial charge in [0.05, 0.1) is 5.69 Å². The summed E-state index contributed by atoms with van der Waals surface area (Å²) in [5.41, 5.74) is 14.0. The van der Waals surface area contributed by atoms with E-state index >= 15 is 0 Å². The molecule has 162 valence electrons. The van der Waals surface area contributed by atoms with E-state index in [1.165, 1.54) is 11.1 Å². The average Bonchev–Trinajstić information content (AvgIpc) is 2.79. The quantitative estimate of drug-likeness (QED) is 0.134. The molecule has 0 spiro atoms. The summed E-state index contributed by atoms with van der Waals surface area (Å²) in [6.45, 7) is 6.25. The van der Waals surface area contributed by atoms with Crippen molar-refractivity contribution in [1.82, 2.24) is 0 Å². The molecule has 4 rings (SSSR count). The first-order valence-electron chi connectivity index (χ1n) is 10.5. The van der Waals surface area contributed by atoms with Gasteiger partial charge in [0.2, 0.25) is 0 Å². The highest BCUT2D eigenvalue weighted by atomic mass is 32.1. The number of aryl methyl sites for hydroxylation is 2. The maximum absolute atomic E-state index is 10.2. The van der Waals surface area contributed by atoms with Crippen LogP contribution in [0.5, 0.6) is 5.75 Å². The summed E-state index contributed by atoms with van der Waals surface area (Å²) in [5, 5.41) is 10.2. The molecule has 4 aromatic carbocycles. The molecule has 0 unspecified atom stereocenters. The Balaban J connectivity index is 0.000000352. The molecule has 2 nitrogen and oxygen atoms in total. The fourth-order valence-electron chi connectivity index (χ4n) is 3.53. The minimum atomic E-state index is 0.0496. The van der Waals surface area contributed by atoms with Crippen LogP contribution in [0.15, 0.2) is 102 Å². The zero-order chi connectivity index (χ0) is 23.1. The number of aromatic hydroxyl groups is 1. The summed E-state index contributed by atoms with van der Waals surface area (Å²) in [6, 6.07) is 32.4. The molecule has 0 fully saturated rings. The summed E-state index contributed by atoms with van der Waals surface area (Å²) < 4.78 is 0. The van der Waals surface area contributed by atoms with Crippen molar-refractivity contribution < 1.29 is 5.11 Å². The number of phenols is 1. The van der Waals surface area contributed by atoms with Crippen molar-refractivity contribution in [2.45, 2.75) is 25.7 Å². The number of phenolic OH excluding ortho intramolecular Hbond substituents is 1. The molecule has 0 bridgehead atoms. The van der Waals surface area contributed by atoms with Crippen molar-refractivity contribution in [3.8, 4) is 5.75 Å². The van der Waals surface area contributed by atoms with Crippen LogP contribution < -0.4 is 5.73 Å². The second kappa shape index (κ2) is 10.7. The molecule has 3 heteroatoms. The summed E-state index contributed by atoms with van der Waals surface area (Å²) in [6.07, 6.45) is 0. The Morgan fingerprint density at radius 2 is 1.25 bits per heavy atom. The van der Waals surface area contributed by atoms with E-state index in [9.17, 15) is 5.11 Å². The maximum Gasteiger partial charge on any atom is 0.140 e. The molecule has 0 aromatic heterocycles. The Morgan fingerprint density at radius 1 is 0.688 bits per heavy atom. The van der Waals surface area contributed by atoms with E-state index in [0.29, 0.717) is 10.6 Å². The van der Waals surface area contributed by atoms with Gasteiger partial charge in [0.1, 0.15) is 5.75 Å². The van der Waals surface area contributed by atoms with Gasteiger partial charge in [-0.3, -0.25) is 0 Å². The molecule has 32 heavy (non-hydrogen) atoms. The molecule has 4 aromatic rings. The lowest BCUT2D eigenvalue weighted by Gasteiger charge is -2.16. The number of hydrogen-bond acceptors (Lipinski definition) is 3. The van der Waals surface area contributed by atoms with Crippen LogP contribution in [0.1, 0.15) is 34.7 Å². The summed E-state index contributed by atoms with van der Waals surface area (Å²) in [4.78, 5) is 0.570. The van der Waals surface area contributed by atoms with Crippen LogP contribution in [0.3, 0.4) is 0 Å². The highest BCUT2D eigenvalue weighted by Gasteiger charge is 2.14. The van der Waals surface area contributed by atoms with Gasteiger partial charge in [-0.2, -0.15) is 0 Å². The van der Waals surface area contributed by atoms with Crippen LogP contribution in [0.4, 0.5) is 5.69 Å². The second-order valence-electron chi connectivity index (χ2n) is 7.82. The largest absolute Gasteiger partial charge is 0.506 e. The first kappa shape index (κ1) is 23.2. The third-order valence-electron chi connectivity index (χ3n) is 5.25. The highest BCUT2D eigenvalue weighted by Crippen LogP contribution is 2.37. The monoisotopic (exact) mass is 439 g/mol. The van der Waals surface area contributed by atoms with Crippen LogP contribution in [-0.2, 0) is 0 Å². The lowest BCUT2D eigenvalue weighted by molar-refractivity contribution is 0.476. The van der Waals surface area contributed by atoms with Gasteiger partial charge in [0, 0.05) is 4.90 Å². The molecule has 0 saturated heterocycles. The molecule has 0 amide bonds. The molecule has 3 N–H and O–H groups in total. The Bertz CT molecular complexity index is 1190. The predicted molar refractivity (Wildman–Crippen MR) is 140 cm³/mol. The van der Waals surface area contributed by atoms with Crippen LogP contribution in [0.25, 0.3) is 11.1 Å². The number of hydrogen-bond donors (Lipinski definition) is 3. The topological polar surface area (TPSA) is 46.2 Å². The third kappa shape index (κ3) is 5.83. The van der Waals surface area contributed by atoms with Crippen molar-refractivity contribution in [2.24, 2.45) is 0 Å². The molecule has 0 saturated carbocycles. The number of allylic oxidation sites excluding steroid dienone is 1. The Labute approximate surface area is 196 Å². The smallest absolute Gasteiger partial charge is 0.140 e. The first-order valence-corrected chi connectivity index (χ1v) is 11.0. The fourth-order valence-corrected chi connectivity index (χ4v) is 3.79. The van der Waals surface area contributed by atoms with Crippen LogP contribution in [0, 0.1) is 13.8 Å². The van der Waals surface area contributed by atoms with Crippen LogP contribution in [-0.4, -0.2) is 5.11 Å². The van der Waals surface area contributed by atoms with Gasteiger partial charge in [-0.1, -0.05) is 96.1 Å². The minimum absolute atomic E-state index is 0.0496. The van der Waals surface area contributed by atoms with E-state index < -0.39 is 0 Å². The zero-order valence-corrected chi connectivity index (χ0v) is 19.6. The van der Waals surface area contributed by atoms with Crippen molar-refractivity contribution in [1.29, 1.82) is 0 Å². The number of nitrogen functional groups attached to an aromatic ring is 1. The van der Waals surface area contributed by atoms with Gasteiger partial charge < -0.3 is 10.8 Å². The normalized spacial score (nSPS) is 11.2. The van der Waals surface area contributed by atoms with E-state index in [1.807, 2.05) is 48.5 Å². The lowest BCUT2D eigenvalue weighted by atomic mass is 9.89. The molecule has 0 aliphatic heterocycles. The predicted octanol–water partition coefficient (Wildman–Crippen LogP) is 7.55. The number of thiol groups is 1. The first-order chi connectivity index (χ1) is 15.4. The maximum atomic E-state index is 10.2. The standard InChI is InChI=1S/C22H21NOS.C7H8/c1-14-7-6-10-17(11-14)21(15(2)16-8-4-3-5-9-16)18-12-19(24)22(23)20(25)13-18;1-7-5-3-2-4-6-7/h3-13,24-25H,23H2,1-2H3;2-6H,1H3/b21-15-;. The lowest BCUT2D eigenvalue weighted by Crippen LogP contribution is -1.96. The van der Waals surface area contributed by atoms with E-state index in [2.05, 4.69) is 75.9 Å². The van der Waals surface area contributed by atoms with Gasteiger partial charge in [-0.25, -0.2) is 0 Å². The van der Waals surface area contributed by atoms with Gasteiger partial charge in [-0.05, 0) is 60.7 Å². The van der Waals surface area contributed by atoms with E-state index in [4.69, 9.17) is 5.73 Å². The molecule has 0 aliphatic rings. The molecular formula is C29H29NOS. The van der Waals surface area contributed by atoms with E-state index in [0.717, 1.165) is 27.8 Å². The zero-order valence-electron chi connectivity index (χ0n) is 18.7. The fraction of sp³-hybridized carbons (Fsp3) is 0.103. The Hall–Kier alpha value is -3.43. The third-order valence-corrected chi connectivity index (χ3v) is 5.62. The highest BCUT2D eigenvalue weighted by molar-refractivity contribution is 7.80. The number of anilines is 1. The van der Waals surface area contributed by atoms with Crippen molar-refractivity contribution >= 4 is 29.5 Å². The SMILES string of the molecule is C/C(=C(\c1cccc(C)c1)c1cc(O)c(N)c(S)c1)c1ccccc1.Cc1ccccc1. The number of rotatable bonds is 3. The van der Waals surface area contributed by atoms with Crippen molar-refractivity contribution in [3.63, 3.8) is 0 Å². The van der Waals surface area contributed by atoms with Crippen LogP contribution in [0.2, 0.25) is 0 Å². The molecule has 0 heterocycles. The Morgan fingerprint density at radius 3 is 1.78 bits per heavy atom. The Kier molecular flexibility index (Phi) is 7.80. The summed E-state index contributed by atoms with van der Waals surface area (Å²) >= 11 is 4.41. The van der Waals surface area contributed by atoms with Gasteiger partial charge in [0.25, 0.3) is 0 Å². The molecule has 0 aliphatic carbocycles.